The lowest BCUT2D eigenvalue weighted by Crippen LogP contribution is -2.40. The topological polar surface area (TPSA) is 55.6 Å². The molecule has 1 aliphatic heterocycles. The van der Waals surface area contributed by atoms with Crippen molar-refractivity contribution in [1.82, 2.24) is 4.90 Å². The number of halogens is 1. The highest BCUT2D eigenvalue weighted by molar-refractivity contribution is 9.10. The highest BCUT2D eigenvalue weighted by Crippen LogP contribution is 2.36. The third-order valence-electron chi connectivity index (χ3n) is 3.94. The van der Waals surface area contributed by atoms with E-state index < -0.39 is 0 Å². The molecule has 21 heavy (non-hydrogen) atoms. The molecular formula is C15H17BrN2O2S. The molecule has 0 aliphatic carbocycles. The number of fused-ring (bicyclic) bond motifs is 1. The second-order valence-electron chi connectivity index (χ2n) is 5.24. The summed E-state index contributed by atoms with van der Waals surface area (Å²) in [6.45, 7) is 1.44. The van der Waals surface area contributed by atoms with Gasteiger partial charge in [-0.2, -0.15) is 0 Å². The lowest BCUT2D eigenvalue weighted by molar-refractivity contribution is 0.0365. The molecule has 2 heterocycles. The molecule has 1 aromatic carbocycles. The number of ether oxygens (including phenoxy) is 1. The fourth-order valence-corrected chi connectivity index (χ4v) is 4.31. The first kappa shape index (κ1) is 14.8. The predicted molar refractivity (Wildman–Crippen MR) is 89.9 cm³/mol. The number of nitrogen functional groups attached to an aromatic ring is 1. The molecule has 2 N–H and O–H groups in total. The van der Waals surface area contributed by atoms with Crippen LogP contribution in [0.2, 0.25) is 0 Å². The maximum atomic E-state index is 12.7. The first-order valence-corrected chi connectivity index (χ1v) is 8.51. The maximum Gasteiger partial charge on any atom is 0.266 e. The molecule has 4 nitrogen and oxygen atoms in total. The van der Waals surface area contributed by atoms with E-state index in [0.29, 0.717) is 10.6 Å². The molecule has 1 fully saturated rings. The Balaban J connectivity index is 1.91. The van der Waals surface area contributed by atoms with Gasteiger partial charge < -0.3 is 15.4 Å². The number of carbonyl (C=O) groups excluding carboxylic acids is 1. The van der Waals surface area contributed by atoms with Gasteiger partial charge in [-0.05, 0) is 25.0 Å². The Morgan fingerprint density at radius 1 is 1.43 bits per heavy atom. The number of thiophene rings is 1. The number of hydrogen-bond acceptors (Lipinski definition) is 4. The van der Waals surface area contributed by atoms with E-state index in [2.05, 4.69) is 15.9 Å². The third kappa shape index (κ3) is 2.80. The monoisotopic (exact) mass is 368 g/mol. The van der Waals surface area contributed by atoms with Crippen LogP contribution in [-0.2, 0) is 4.74 Å². The minimum Gasteiger partial charge on any atom is -0.397 e. The summed E-state index contributed by atoms with van der Waals surface area (Å²) in [6, 6.07) is 6.14. The molecule has 0 saturated carbocycles. The molecular weight excluding hydrogens is 352 g/mol. The molecule has 0 bridgehead atoms. The lowest BCUT2D eigenvalue weighted by Gasteiger charge is -2.31. The van der Waals surface area contributed by atoms with Gasteiger partial charge in [0, 0.05) is 40.9 Å². The minimum atomic E-state index is 0.0109. The molecule has 1 amide bonds. The summed E-state index contributed by atoms with van der Waals surface area (Å²) >= 11 is 4.91. The summed E-state index contributed by atoms with van der Waals surface area (Å²) in [6.07, 6.45) is 1.77. The summed E-state index contributed by atoms with van der Waals surface area (Å²) in [5, 5.41) is 0.951. The van der Waals surface area contributed by atoms with Crippen LogP contribution >= 0.6 is 27.3 Å². The van der Waals surface area contributed by atoms with Crippen LogP contribution in [0.25, 0.3) is 10.1 Å². The Morgan fingerprint density at radius 2 is 2.14 bits per heavy atom. The number of hydrogen-bond donors (Lipinski definition) is 1. The first-order chi connectivity index (χ1) is 10.1. The second-order valence-corrected chi connectivity index (χ2v) is 7.21. The number of anilines is 1. The van der Waals surface area contributed by atoms with Crippen LogP contribution < -0.4 is 5.73 Å². The van der Waals surface area contributed by atoms with Gasteiger partial charge in [0.2, 0.25) is 0 Å². The van der Waals surface area contributed by atoms with E-state index in [-0.39, 0.29) is 11.9 Å². The normalized spacial score (nSPS) is 16.3. The number of nitrogens with two attached hydrogens (primary N) is 1. The average molecular weight is 369 g/mol. The number of rotatable bonds is 2. The van der Waals surface area contributed by atoms with Crippen LogP contribution in [0, 0.1) is 0 Å². The smallest absolute Gasteiger partial charge is 0.266 e. The van der Waals surface area contributed by atoms with Crippen LogP contribution in [-0.4, -0.2) is 37.1 Å². The maximum absolute atomic E-state index is 12.7. The number of amides is 1. The Labute approximate surface area is 136 Å². The van der Waals surface area contributed by atoms with E-state index in [9.17, 15) is 4.79 Å². The van der Waals surface area contributed by atoms with Crippen molar-refractivity contribution in [3.63, 3.8) is 0 Å². The highest BCUT2D eigenvalue weighted by atomic mass is 79.9. The summed E-state index contributed by atoms with van der Waals surface area (Å²) < 4.78 is 7.38. The summed E-state index contributed by atoms with van der Waals surface area (Å²) in [7, 11) is 1.86. The fourth-order valence-electron chi connectivity index (χ4n) is 2.65. The van der Waals surface area contributed by atoms with Gasteiger partial charge in [0.05, 0.1) is 5.69 Å². The van der Waals surface area contributed by atoms with Gasteiger partial charge in [-0.25, -0.2) is 0 Å². The molecule has 0 atom stereocenters. The van der Waals surface area contributed by atoms with Gasteiger partial charge in [-0.15, -0.1) is 11.3 Å². The van der Waals surface area contributed by atoms with Gasteiger partial charge in [0.25, 0.3) is 5.91 Å². The summed E-state index contributed by atoms with van der Waals surface area (Å²) in [4.78, 5) is 15.2. The molecule has 6 heteroatoms. The summed E-state index contributed by atoms with van der Waals surface area (Å²) in [5.41, 5.74) is 6.77. The first-order valence-electron chi connectivity index (χ1n) is 6.90. The van der Waals surface area contributed by atoms with Crippen molar-refractivity contribution in [2.24, 2.45) is 0 Å². The highest BCUT2D eigenvalue weighted by Gasteiger charge is 2.26. The average Bonchev–Trinajstić information content (AvgIpc) is 2.83. The molecule has 0 spiro atoms. The number of nitrogens with zero attached hydrogens (tertiary/aromatic N) is 1. The van der Waals surface area contributed by atoms with Gasteiger partial charge >= 0.3 is 0 Å². The standard InChI is InChI=1S/C15H17BrN2O2S/c1-18(10-4-6-20-7-5-10)15(19)14-13(17)11-3-2-9(16)8-12(11)21-14/h2-3,8,10H,4-7,17H2,1H3. The van der Waals surface area contributed by atoms with Crippen molar-refractivity contribution in [3.8, 4) is 0 Å². The van der Waals surface area contributed by atoms with Crippen molar-refractivity contribution in [2.75, 3.05) is 26.0 Å². The van der Waals surface area contributed by atoms with Gasteiger partial charge in [-0.1, -0.05) is 22.0 Å². The number of carbonyl (C=O) groups is 1. The van der Waals surface area contributed by atoms with Gasteiger partial charge in [0.15, 0.2) is 0 Å². The zero-order valence-electron chi connectivity index (χ0n) is 11.8. The summed E-state index contributed by atoms with van der Waals surface area (Å²) in [5.74, 6) is 0.0109. The van der Waals surface area contributed by atoms with Gasteiger partial charge in [-0.3, -0.25) is 4.79 Å². The minimum absolute atomic E-state index is 0.0109. The SMILES string of the molecule is CN(C(=O)c1sc2cc(Br)ccc2c1N)C1CCOCC1. The zero-order valence-corrected chi connectivity index (χ0v) is 14.2. The molecule has 0 radical (unpaired) electrons. The van der Waals surface area contributed by atoms with E-state index >= 15 is 0 Å². The molecule has 1 aromatic heterocycles. The molecule has 2 aromatic rings. The Hall–Kier alpha value is -1.11. The lowest BCUT2D eigenvalue weighted by atomic mass is 10.1. The van der Waals surface area contributed by atoms with Crippen molar-refractivity contribution < 1.29 is 9.53 Å². The molecule has 112 valence electrons. The third-order valence-corrected chi connectivity index (χ3v) is 5.59. The van der Waals surface area contributed by atoms with Crippen molar-refractivity contribution in [3.05, 3.63) is 27.5 Å². The van der Waals surface area contributed by atoms with E-state index in [1.165, 1.54) is 11.3 Å². The number of benzene rings is 1. The van der Waals surface area contributed by atoms with Crippen molar-refractivity contribution in [1.29, 1.82) is 0 Å². The van der Waals surface area contributed by atoms with Gasteiger partial charge in [0.1, 0.15) is 4.88 Å². The quantitative estimate of drug-likeness (QED) is 0.882. The van der Waals surface area contributed by atoms with E-state index in [0.717, 1.165) is 40.6 Å². The van der Waals surface area contributed by atoms with Crippen molar-refractivity contribution in [2.45, 2.75) is 18.9 Å². The Bertz CT molecular complexity index is 680. The van der Waals surface area contributed by atoms with E-state index in [4.69, 9.17) is 10.5 Å². The molecule has 1 aliphatic rings. The largest absolute Gasteiger partial charge is 0.397 e. The van der Waals surface area contributed by atoms with Crippen LogP contribution in [0.3, 0.4) is 0 Å². The Kier molecular flexibility index (Phi) is 4.19. The van der Waals surface area contributed by atoms with Crippen molar-refractivity contribution >= 4 is 48.9 Å². The predicted octanol–water partition coefficient (Wildman–Crippen LogP) is 3.50. The van der Waals surface area contributed by atoms with E-state index in [1.54, 1.807) is 0 Å². The van der Waals surface area contributed by atoms with Crippen LogP contribution in [0.5, 0.6) is 0 Å². The second kappa shape index (κ2) is 5.94. The fraction of sp³-hybridized carbons (Fsp3) is 0.400. The zero-order chi connectivity index (χ0) is 15.0. The van der Waals surface area contributed by atoms with Crippen LogP contribution in [0.1, 0.15) is 22.5 Å². The molecule has 1 saturated heterocycles. The Morgan fingerprint density at radius 3 is 2.86 bits per heavy atom. The molecule has 0 unspecified atom stereocenters. The molecule has 3 rings (SSSR count). The van der Waals surface area contributed by atoms with Crippen LogP contribution in [0.4, 0.5) is 5.69 Å². The van der Waals surface area contributed by atoms with Crippen LogP contribution in [0.15, 0.2) is 22.7 Å². The van der Waals surface area contributed by atoms with E-state index in [1.807, 2.05) is 30.1 Å².